The van der Waals surface area contributed by atoms with E-state index >= 15 is 0 Å². The maximum Gasteiger partial charge on any atom is 0.322 e. The molecule has 0 saturated carbocycles. The smallest absolute Gasteiger partial charge is 0.322 e. The van der Waals surface area contributed by atoms with Gasteiger partial charge in [0.15, 0.2) is 0 Å². The molecule has 0 aliphatic carbocycles. The van der Waals surface area contributed by atoms with E-state index in [0.717, 1.165) is 19.3 Å². The molecule has 0 rings (SSSR count). The van der Waals surface area contributed by atoms with Crippen molar-refractivity contribution in [2.45, 2.75) is 51.9 Å². The summed E-state index contributed by atoms with van der Waals surface area (Å²) in [6.07, 6.45) is 7.04. The van der Waals surface area contributed by atoms with Gasteiger partial charge in [-0.2, -0.15) is 0 Å². The molecular weight excluding hydrogens is 248 g/mol. The fourth-order valence-electron chi connectivity index (χ4n) is 1.57. The van der Waals surface area contributed by atoms with Gasteiger partial charge >= 0.3 is 5.97 Å². The average molecular weight is 272 g/mol. The van der Waals surface area contributed by atoms with Crippen LogP contribution in [0.1, 0.15) is 51.9 Å². The SMILES string of the molecule is CCCCCCCCC(=O)NCC(=O)NCC(=O)O. The largest absolute Gasteiger partial charge is 0.480 e. The first kappa shape index (κ1) is 17.4. The monoisotopic (exact) mass is 272 g/mol. The van der Waals surface area contributed by atoms with Gasteiger partial charge in [0.25, 0.3) is 0 Å². The zero-order valence-corrected chi connectivity index (χ0v) is 11.5. The van der Waals surface area contributed by atoms with Crippen molar-refractivity contribution in [2.24, 2.45) is 0 Å². The van der Waals surface area contributed by atoms with Crippen LogP contribution < -0.4 is 10.6 Å². The summed E-state index contributed by atoms with van der Waals surface area (Å²) < 4.78 is 0. The van der Waals surface area contributed by atoms with Crippen molar-refractivity contribution in [3.05, 3.63) is 0 Å². The van der Waals surface area contributed by atoms with Gasteiger partial charge < -0.3 is 15.7 Å². The minimum atomic E-state index is -1.10. The number of nitrogens with one attached hydrogen (secondary N) is 2. The Balaban J connectivity index is 3.43. The van der Waals surface area contributed by atoms with Crippen LogP contribution in [0.4, 0.5) is 0 Å². The third kappa shape index (κ3) is 12.7. The number of carbonyl (C=O) groups excluding carboxylic acids is 2. The van der Waals surface area contributed by atoms with Crippen LogP contribution in [0.2, 0.25) is 0 Å². The van der Waals surface area contributed by atoms with Crippen LogP contribution >= 0.6 is 0 Å². The first-order valence-corrected chi connectivity index (χ1v) is 6.81. The van der Waals surface area contributed by atoms with Crippen LogP contribution in [-0.2, 0) is 14.4 Å². The van der Waals surface area contributed by atoms with Gasteiger partial charge in [-0.05, 0) is 6.42 Å². The van der Waals surface area contributed by atoms with Gasteiger partial charge in [-0.1, -0.05) is 39.0 Å². The number of carbonyl (C=O) groups is 3. The number of aliphatic carboxylic acids is 1. The minimum Gasteiger partial charge on any atom is -0.480 e. The maximum absolute atomic E-state index is 11.4. The van der Waals surface area contributed by atoms with Crippen LogP contribution in [-0.4, -0.2) is 36.0 Å². The van der Waals surface area contributed by atoms with Crippen molar-refractivity contribution in [3.63, 3.8) is 0 Å². The van der Waals surface area contributed by atoms with Crippen molar-refractivity contribution < 1.29 is 19.5 Å². The van der Waals surface area contributed by atoms with Crippen LogP contribution in [0.3, 0.4) is 0 Å². The Morgan fingerprint density at radius 1 is 0.842 bits per heavy atom. The van der Waals surface area contributed by atoms with Crippen molar-refractivity contribution in [1.82, 2.24) is 10.6 Å². The standard InChI is InChI=1S/C13H24N2O4/c1-2-3-4-5-6-7-8-11(16)14-9-12(17)15-10-13(18)19/h2-10H2,1H3,(H,14,16)(H,15,17)(H,18,19). The normalized spacial score (nSPS) is 9.95. The molecule has 2 amide bonds. The minimum absolute atomic E-state index is 0.165. The van der Waals surface area contributed by atoms with Gasteiger partial charge in [0.1, 0.15) is 6.54 Å². The summed E-state index contributed by atoms with van der Waals surface area (Å²) in [4.78, 5) is 32.7. The molecule has 0 aromatic rings. The lowest BCUT2D eigenvalue weighted by Gasteiger charge is -2.05. The second-order valence-electron chi connectivity index (χ2n) is 4.46. The molecule has 0 heterocycles. The summed E-state index contributed by atoms with van der Waals surface area (Å²) in [5.74, 6) is -1.76. The molecule has 0 spiro atoms. The second-order valence-corrected chi connectivity index (χ2v) is 4.46. The third-order valence-corrected chi connectivity index (χ3v) is 2.64. The van der Waals surface area contributed by atoms with E-state index in [1.165, 1.54) is 19.3 Å². The summed E-state index contributed by atoms with van der Waals surface area (Å²) in [7, 11) is 0. The van der Waals surface area contributed by atoms with Gasteiger partial charge in [-0.25, -0.2) is 0 Å². The molecule has 0 atom stereocenters. The topological polar surface area (TPSA) is 95.5 Å². The Hall–Kier alpha value is -1.59. The van der Waals surface area contributed by atoms with E-state index in [2.05, 4.69) is 17.6 Å². The lowest BCUT2D eigenvalue weighted by molar-refractivity contribution is -0.137. The molecule has 19 heavy (non-hydrogen) atoms. The summed E-state index contributed by atoms with van der Waals surface area (Å²) in [5.41, 5.74) is 0. The molecular formula is C13H24N2O4. The zero-order valence-electron chi connectivity index (χ0n) is 11.5. The van der Waals surface area contributed by atoms with Crippen LogP contribution in [0, 0.1) is 0 Å². The van der Waals surface area contributed by atoms with E-state index in [0.29, 0.717) is 6.42 Å². The van der Waals surface area contributed by atoms with E-state index in [1.54, 1.807) is 0 Å². The first-order valence-electron chi connectivity index (χ1n) is 6.81. The lowest BCUT2D eigenvalue weighted by atomic mass is 10.1. The highest BCUT2D eigenvalue weighted by atomic mass is 16.4. The zero-order chi connectivity index (χ0) is 14.5. The van der Waals surface area contributed by atoms with E-state index in [1.807, 2.05) is 0 Å². The number of rotatable bonds is 11. The van der Waals surface area contributed by atoms with Crippen LogP contribution in [0.15, 0.2) is 0 Å². The average Bonchev–Trinajstić information content (AvgIpc) is 2.38. The number of carboxylic acids is 1. The van der Waals surface area contributed by atoms with Crippen molar-refractivity contribution in [3.8, 4) is 0 Å². The molecule has 0 aliphatic rings. The van der Waals surface area contributed by atoms with Crippen molar-refractivity contribution in [1.29, 1.82) is 0 Å². The number of hydrogen-bond acceptors (Lipinski definition) is 3. The third-order valence-electron chi connectivity index (χ3n) is 2.64. The highest BCUT2D eigenvalue weighted by molar-refractivity contribution is 5.86. The van der Waals surface area contributed by atoms with E-state index in [-0.39, 0.29) is 12.5 Å². The summed E-state index contributed by atoms with van der Waals surface area (Å²) in [6, 6.07) is 0. The fraction of sp³-hybridized carbons (Fsp3) is 0.769. The van der Waals surface area contributed by atoms with Gasteiger partial charge in [-0.3, -0.25) is 14.4 Å². The predicted octanol–water partition coefficient (Wildman–Crippen LogP) is 1.05. The molecule has 0 fully saturated rings. The Morgan fingerprint density at radius 3 is 2.05 bits per heavy atom. The molecule has 0 aromatic carbocycles. The molecule has 0 aliphatic heterocycles. The van der Waals surface area contributed by atoms with Gasteiger partial charge in [0.05, 0.1) is 6.54 Å². The molecule has 6 heteroatoms. The van der Waals surface area contributed by atoms with Gasteiger partial charge in [-0.15, -0.1) is 0 Å². The molecule has 110 valence electrons. The molecule has 6 nitrogen and oxygen atoms in total. The van der Waals surface area contributed by atoms with E-state index in [4.69, 9.17) is 5.11 Å². The Morgan fingerprint density at radius 2 is 1.42 bits per heavy atom. The van der Waals surface area contributed by atoms with E-state index in [9.17, 15) is 14.4 Å². The molecule has 0 bridgehead atoms. The Bertz CT molecular complexity index is 292. The fourth-order valence-corrected chi connectivity index (χ4v) is 1.57. The number of hydrogen-bond donors (Lipinski definition) is 3. The number of unbranched alkanes of at least 4 members (excludes halogenated alkanes) is 5. The lowest BCUT2D eigenvalue weighted by Crippen LogP contribution is -2.38. The van der Waals surface area contributed by atoms with Crippen molar-refractivity contribution >= 4 is 17.8 Å². The molecule has 3 N–H and O–H groups in total. The highest BCUT2D eigenvalue weighted by Gasteiger charge is 2.06. The summed E-state index contributed by atoms with van der Waals surface area (Å²) in [5, 5.41) is 13.0. The summed E-state index contributed by atoms with van der Waals surface area (Å²) in [6.45, 7) is 1.57. The molecule has 0 radical (unpaired) electrons. The first-order chi connectivity index (χ1) is 9.06. The van der Waals surface area contributed by atoms with Crippen molar-refractivity contribution in [2.75, 3.05) is 13.1 Å². The van der Waals surface area contributed by atoms with Crippen LogP contribution in [0.5, 0.6) is 0 Å². The van der Waals surface area contributed by atoms with Gasteiger partial charge in [0, 0.05) is 6.42 Å². The van der Waals surface area contributed by atoms with Gasteiger partial charge in [0.2, 0.25) is 11.8 Å². The maximum atomic E-state index is 11.4. The van der Waals surface area contributed by atoms with E-state index < -0.39 is 18.4 Å². The summed E-state index contributed by atoms with van der Waals surface area (Å²) >= 11 is 0. The molecule has 0 aromatic heterocycles. The quantitative estimate of drug-likeness (QED) is 0.490. The molecule has 0 saturated heterocycles. The second kappa shape index (κ2) is 11.5. The Labute approximate surface area is 113 Å². The van der Waals surface area contributed by atoms with Crippen LogP contribution in [0.25, 0.3) is 0 Å². The number of amides is 2. The Kier molecular flexibility index (Phi) is 10.5. The highest BCUT2D eigenvalue weighted by Crippen LogP contribution is 2.06. The predicted molar refractivity (Wildman–Crippen MR) is 71.6 cm³/mol. The molecule has 0 unspecified atom stereocenters. The number of carboxylic acid groups (broad SMARTS) is 1.